The molecule has 0 bridgehead atoms. The molecular formula is C12H14F2O3. The van der Waals surface area contributed by atoms with Gasteiger partial charge in [-0.05, 0) is 24.1 Å². The van der Waals surface area contributed by atoms with Gasteiger partial charge in [0, 0.05) is 6.42 Å². The van der Waals surface area contributed by atoms with Crippen molar-refractivity contribution in [3.05, 3.63) is 29.8 Å². The predicted molar refractivity (Wildman–Crippen MR) is 58.4 cm³/mol. The van der Waals surface area contributed by atoms with Crippen LogP contribution < -0.4 is 4.74 Å². The number of benzene rings is 1. The minimum Gasteiger partial charge on any atom is -0.497 e. The predicted octanol–water partition coefficient (Wildman–Crippen LogP) is 2.59. The van der Waals surface area contributed by atoms with E-state index in [0.717, 1.165) is 0 Å². The number of carboxylic acid groups (broad SMARTS) is 1. The van der Waals surface area contributed by atoms with Crippen LogP contribution in [0.25, 0.3) is 0 Å². The largest absolute Gasteiger partial charge is 0.497 e. The van der Waals surface area contributed by atoms with Crippen molar-refractivity contribution in [3.63, 3.8) is 0 Å². The van der Waals surface area contributed by atoms with E-state index in [2.05, 4.69) is 0 Å². The zero-order chi connectivity index (χ0) is 12.8. The summed E-state index contributed by atoms with van der Waals surface area (Å²) in [5.74, 6) is -1.68. The van der Waals surface area contributed by atoms with Crippen molar-refractivity contribution in [3.8, 4) is 5.75 Å². The smallest absolute Gasteiger partial charge is 0.307 e. The summed E-state index contributed by atoms with van der Waals surface area (Å²) in [5, 5.41) is 8.85. The first-order valence-electron chi connectivity index (χ1n) is 5.16. The van der Waals surface area contributed by atoms with Gasteiger partial charge in [-0.1, -0.05) is 12.1 Å². The third kappa shape index (κ3) is 4.38. The summed E-state index contributed by atoms with van der Waals surface area (Å²) in [5.41, 5.74) is 0.678. The minimum atomic E-state index is -2.61. The van der Waals surface area contributed by atoms with E-state index in [9.17, 15) is 13.6 Å². The highest BCUT2D eigenvalue weighted by atomic mass is 19.3. The topological polar surface area (TPSA) is 46.5 Å². The van der Waals surface area contributed by atoms with Crippen LogP contribution in [0.3, 0.4) is 0 Å². The van der Waals surface area contributed by atoms with Gasteiger partial charge in [0.2, 0.25) is 6.43 Å². The normalized spacial score (nSPS) is 12.5. The Kier molecular flexibility index (Phi) is 4.87. The van der Waals surface area contributed by atoms with E-state index in [1.165, 1.54) is 7.11 Å². The molecule has 5 heteroatoms. The molecule has 1 aromatic rings. The lowest BCUT2D eigenvalue weighted by Crippen LogP contribution is -2.19. The van der Waals surface area contributed by atoms with Crippen molar-refractivity contribution < 1.29 is 23.4 Å². The monoisotopic (exact) mass is 244 g/mol. The fraction of sp³-hybridized carbons (Fsp3) is 0.417. The number of halogens is 2. The summed E-state index contributed by atoms with van der Waals surface area (Å²) < 4.78 is 29.4. The molecule has 0 aliphatic carbocycles. The number of hydrogen-bond donors (Lipinski definition) is 1. The van der Waals surface area contributed by atoms with E-state index >= 15 is 0 Å². The number of hydrogen-bond acceptors (Lipinski definition) is 2. The first-order valence-corrected chi connectivity index (χ1v) is 5.16. The van der Waals surface area contributed by atoms with Crippen molar-refractivity contribution in [1.29, 1.82) is 0 Å². The summed E-state index contributed by atoms with van der Waals surface area (Å²) in [6, 6.07) is 6.77. The Labute approximate surface area is 98.0 Å². The van der Waals surface area contributed by atoms with Crippen molar-refractivity contribution in [2.45, 2.75) is 19.3 Å². The lowest BCUT2D eigenvalue weighted by Gasteiger charge is -2.12. The van der Waals surface area contributed by atoms with Crippen LogP contribution in [0.1, 0.15) is 12.0 Å². The molecule has 0 radical (unpaired) electrons. The minimum absolute atomic E-state index is 0.0802. The fourth-order valence-corrected chi connectivity index (χ4v) is 1.57. The van der Waals surface area contributed by atoms with Crippen LogP contribution in [0.5, 0.6) is 5.75 Å². The maximum Gasteiger partial charge on any atom is 0.307 e. The molecule has 0 aliphatic heterocycles. The first kappa shape index (κ1) is 13.4. The highest BCUT2D eigenvalue weighted by Gasteiger charge is 2.22. The Morgan fingerprint density at radius 1 is 1.47 bits per heavy atom. The first-order chi connectivity index (χ1) is 8.02. The number of alkyl halides is 2. The molecule has 1 rings (SSSR count). The van der Waals surface area contributed by atoms with Crippen LogP contribution >= 0.6 is 0 Å². The summed E-state index contributed by atoms with van der Waals surface area (Å²) >= 11 is 0. The van der Waals surface area contributed by atoms with Gasteiger partial charge in [-0.3, -0.25) is 4.79 Å². The zero-order valence-corrected chi connectivity index (χ0v) is 9.40. The Balaban J connectivity index is 2.74. The second-order valence-electron chi connectivity index (χ2n) is 3.72. The molecule has 1 unspecified atom stereocenters. The van der Waals surface area contributed by atoms with E-state index in [1.54, 1.807) is 24.3 Å². The molecule has 0 aromatic heterocycles. The third-order valence-corrected chi connectivity index (χ3v) is 2.43. The van der Waals surface area contributed by atoms with Crippen LogP contribution in [0.4, 0.5) is 8.78 Å². The molecule has 3 nitrogen and oxygen atoms in total. The third-order valence-electron chi connectivity index (χ3n) is 2.43. The van der Waals surface area contributed by atoms with Crippen LogP contribution in [0.2, 0.25) is 0 Å². The summed E-state index contributed by atoms with van der Waals surface area (Å²) in [4.78, 5) is 10.8. The molecule has 0 amide bonds. The van der Waals surface area contributed by atoms with Gasteiger partial charge in [0.15, 0.2) is 0 Å². The molecule has 0 saturated carbocycles. The molecule has 1 atom stereocenters. The Bertz CT molecular complexity index is 380. The molecule has 0 aliphatic rings. The standard InChI is InChI=1S/C12H14F2O3/c1-17-10-4-2-3-8(6-10)5-9(12(15)16)7-11(13)14/h2-4,6,9,11H,5,7H2,1H3,(H,15,16). The summed E-state index contributed by atoms with van der Waals surface area (Å²) in [6.45, 7) is 0. The molecule has 0 spiro atoms. The van der Waals surface area contributed by atoms with E-state index in [0.29, 0.717) is 11.3 Å². The molecule has 94 valence electrons. The SMILES string of the molecule is COc1cccc(CC(CC(F)F)C(=O)O)c1. The molecule has 0 saturated heterocycles. The Morgan fingerprint density at radius 2 is 2.18 bits per heavy atom. The second kappa shape index (κ2) is 6.18. The van der Waals surface area contributed by atoms with Crippen LogP contribution in [0.15, 0.2) is 24.3 Å². The van der Waals surface area contributed by atoms with Gasteiger partial charge in [0.1, 0.15) is 5.75 Å². The number of ether oxygens (including phenoxy) is 1. The zero-order valence-electron chi connectivity index (χ0n) is 9.40. The summed E-state index contributed by atoms with van der Waals surface area (Å²) in [6.07, 6.45) is -3.16. The maximum absolute atomic E-state index is 12.2. The highest BCUT2D eigenvalue weighted by molar-refractivity contribution is 5.70. The molecular weight excluding hydrogens is 230 g/mol. The van der Waals surface area contributed by atoms with E-state index < -0.39 is 24.7 Å². The van der Waals surface area contributed by atoms with Crippen LogP contribution in [-0.2, 0) is 11.2 Å². The number of rotatable bonds is 6. The van der Waals surface area contributed by atoms with Crippen molar-refractivity contribution in [2.75, 3.05) is 7.11 Å². The number of carboxylic acids is 1. The van der Waals surface area contributed by atoms with Crippen LogP contribution in [0, 0.1) is 5.92 Å². The molecule has 0 heterocycles. The lowest BCUT2D eigenvalue weighted by molar-refractivity contribution is -0.143. The van der Waals surface area contributed by atoms with Gasteiger partial charge in [-0.2, -0.15) is 0 Å². The average Bonchev–Trinajstić information content (AvgIpc) is 2.27. The average molecular weight is 244 g/mol. The van der Waals surface area contributed by atoms with Crippen molar-refractivity contribution in [1.82, 2.24) is 0 Å². The number of methoxy groups -OCH3 is 1. The van der Waals surface area contributed by atoms with Gasteiger partial charge < -0.3 is 9.84 Å². The fourth-order valence-electron chi connectivity index (χ4n) is 1.57. The van der Waals surface area contributed by atoms with E-state index in [4.69, 9.17) is 9.84 Å². The Morgan fingerprint density at radius 3 is 2.71 bits per heavy atom. The summed E-state index contributed by atoms with van der Waals surface area (Å²) in [7, 11) is 1.49. The van der Waals surface area contributed by atoms with Crippen molar-refractivity contribution >= 4 is 5.97 Å². The van der Waals surface area contributed by atoms with Gasteiger partial charge in [-0.25, -0.2) is 8.78 Å². The lowest BCUT2D eigenvalue weighted by atomic mass is 9.96. The number of carbonyl (C=O) groups is 1. The highest BCUT2D eigenvalue weighted by Crippen LogP contribution is 2.20. The molecule has 1 aromatic carbocycles. The second-order valence-corrected chi connectivity index (χ2v) is 3.72. The Hall–Kier alpha value is -1.65. The van der Waals surface area contributed by atoms with Gasteiger partial charge in [0.25, 0.3) is 0 Å². The quantitative estimate of drug-likeness (QED) is 0.836. The van der Waals surface area contributed by atoms with E-state index in [1.807, 2.05) is 0 Å². The number of aliphatic carboxylic acids is 1. The van der Waals surface area contributed by atoms with E-state index in [-0.39, 0.29) is 6.42 Å². The van der Waals surface area contributed by atoms with Crippen LogP contribution in [-0.4, -0.2) is 24.6 Å². The molecule has 1 N–H and O–H groups in total. The molecule has 17 heavy (non-hydrogen) atoms. The van der Waals surface area contributed by atoms with Crippen molar-refractivity contribution in [2.24, 2.45) is 5.92 Å². The molecule has 0 fully saturated rings. The van der Waals surface area contributed by atoms with Gasteiger partial charge >= 0.3 is 5.97 Å². The van der Waals surface area contributed by atoms with Gasteiger partial charge in [0.05, 0.1) is 13.0 Å². The maximum atomic E-state index is 12.2. The van der Waals surface area contributed by atoms with Gasteiger partial charge in [-0.15, -0.1) is 0 Å².